The molecule has 10 heteroatoms. The predicted molar refractivity (Wildman–Crippen MR) is 80.7 cm³/mol. The highest BCUT2D eigenvalue weighted by atomic mass is 19.4. The Balaban J connectivity index is 2.09. The second-order valence-electron chi connectivity index (χ2n) is 4.77. The Morgan fingerprint density at radius 2 is 1.69 bits per heavy atom. The molecule has 1 N–H and O–H groups in total. The van der Waals surface area contributed by atoms with E-state index >= 15 is 0 Å². The summed E-state index contributed by atoms with van der Waals surface area (Å²) in [4.78, 5) is 12.2. The molecule has 0 saturated carbocycles. The summed E-state index contributed by atoms with van der Waals surface area (Å²) in [6, 6.07) is 8.05. The molecule has 0 spiro atoms. The van der Waals surface area contributed by atoms with E-state index in [1.807, 2.05) is 0 Å². The molecule has 26 heavy (non-hydrogen) atoms. The maximum absolute atomic E-state index is 12.3. The zero-order chi connectivity index (χ0) is 19.3. The zero-order valence-electron chi connectivity index (χ0n) is 13.1. The first-order valence-electron chi connectivity index (χ1n) is 6.98. The van der Waals surface area contributed by atoms with Crippen LogP contribution in [0.1, 0.15) is 10.4 Å². The summed E-state index contributed by atoms with van der Waals surface area (Å²) < 4.78 is 73.7. The molecule has 0 atom stereocenters. The summed E-state index contributed by atoms with van der Waals surface area (Å²) in [5.74, 6) is -1.39. The Morgan fingerprint density at radius 1 is 1.04 bits per heavy atom. The maximum Gasteiger partial charge on any atom is 0.573 e. The highest BCUT2D eigenvalue weighted by molar-refractivity contribution is 6.04. The Kier molecular flexibility index (Phi) is 5.86. The van der Waals surface area contributed by atoms with Gasteiger partial charge in [-0.25, -0.2) is 0 Å². The molecule has 0 heterocycles. The minimum atomic E-state index is -4.82. The van der Waals surface area contributed by atoms with Crippen LogP contribution in [-0.2, 0) is 0 Å². The number of carbonyl (C=O) groups is 1. The van der Waals surface area contributed by atoms with Gasteiger partial charge in [-0.15, -0.1) is 13.2 Å². The second-order valence-corrected chi connectivity index (χ2v) is 4.77. The number of methoxy groups -OCH3 is 1. The smallest absolute Gasteiger partial charge is 0.493 e. The standard InChI is InChI=1S/C16H12F5NO4/c1-24-13-8-9(2-7-12(13)25-15(17)18)14(23)22-10-3-5-11(6-4-10)26-16(19,20)21/h2-8,15H,1H3,(H,22,23). The predicted octanol–water partition coefficient (Wildman–Crippen LogP) is 4.45. The molecule has 1 amide bonds. The first-order valence-corrected chi connectivity index (χ1v) is 6.98. The summed E-state index contributed by atoms with van der Waals surface area (Å²) in [6.45, 7) is -3.05. The average Bonchev–Trinajstić information content (AvgIpc) is 2.55. The first-order chi connectivity index (χ1) is 12.2. The minimum Gasteiger partial charge on any atom is -0.493 e. The van der Waals surface area contributed by atoms with Gasteiger partial charge in [-0.2, -0.15) is 8.78 Å². The lowest BCUT2D eigenvalue weighted by molar-refractivity contribution is -0.274. The lowest BCUT2D eigenvalue weighted by Gasteiger charge is -2.12. The zero-order valence-corrected chi connectivity index (χ0v) is 13.1. The number of ether oxygens (including phenoxy) is 3. The largest absolute Gasteiger partial charge is 0.573 e. The van der Waals surface area contributed by atoms with Crippen molar-refractivity contribution < 1.29 is 41.0 Å². The summed E-state index contributed by atoms with van der Waals surface area (Å²) in [7, 11) is 1.22. The van der Waals surface area contributed by atoms with Crippen LogP contribution in [0.2, 0.25) is 0 Å². The van der Waals surface area contributed by atoms with E-state index < -0.39 is 24.6 Å². The van der Waals surface area contributed by atoms with E-state index in [0.29, 0.717) is 0 Å². The van der Waals surface area contributed by atoms with Crippen molar-refractivity contribution in [2.75, 3.05) is 12.4 Å². The van der Waals surface area contributed by atoms with Gasteiger partial charge in [0.05, 0.1) is 7.11 Å². The molecule has 2 rings (SSSR count). The monoisotopic (exact) mass is 377 g/mol. The van der Waals surface area contributed by atoms with Gasteiger partial charge in [-0.05, 0) is 42.5 Å². The molecule has 0 aromatic heterocycles. The summed E-state index contributed by atoms with van der Waals surface area (Å²) in [5.41, 5.74) is 0.274. The molecule has 140 valence electrons. The third-order valence-electron chi connectivity index (χ3n) is 2.99. The third kappa shape index (κ3) is 5.50. The number of halogens is 5. The molecule has 0 unspecified atom stereocenters. The highest BCUT2D eigenvalue weighted by Gasteiger charge is 2.31. The highest BCUT2D eigenvalue weighted by Crippen LogP contribution is 2.30. The quantitative estimate of drug-likeness (QED) is 0.756. The van der Waals surface area contributed by atoms with Crippen molar-refractivity contribution in [2.45, 2.75) is 13.0 Å². The van der Waals surface area contributed by atoms with Crippen LogP contribution in [0.4, 0.5) is 27.6 Å². The molecule has 0 aliphatic rings. The number of benzene rings is 2. The van der Waals surface area contributed by atoms with Crippen molar-refractivity contribution in [1.29, 1.82) is 0 Å². The van der Waals surface area contributed by atoms with Crippen molar-refractivity contribution in [3.63, 3.8) is 0 Å². The molecule has 0 radical (unpaired) electrons. The van der Waals surface area contributed by atoms with E-state index in [1.165, 1.54) is 31.4 Å². The fourth-order valence-electron chi connectivity index (χ4n) is 1.95. The second kappa shape index (κ2) is 7.89. The number of anilines is 1. The van der Waals surface area contributed by atoms with Crippen molar-refractivity contribution in [1.82, 2.24) is 0 Å². The van der Waals surface area contributed by atoms with Gasteiger partial charge in [0.2, 0.25) is 0 Å². The van der Waals surface area contributed by atoms with Crippen LogP contribution in [0.5, 0.6) is 17.2 Å². The molecule has 2 aromatic carbocycles. The number of nitrogens with one attached hydrogen (secondary N) is 1. The summed E-state index contributed by atoms with van der Waals surface area (Å²) in [5, 5.41) is 2.44. The van der Waals surface area contributed by atoms with Crippen LogP contribution in [0.15, 0.2) is 42.5 Å². The van der Waals surface area contributed by atoms with Crippen LogP contribution in [0.3, 0.4) is 0 Å². The van der Waals surface area contributed by atoms with Crippen LogP contribution < -0.4 is 19.5 Å². The van der Waals surface area contributed by atoms with Gasteiger partial charge in [0.15, 0.2) is 11.5 Å². The van der Waals surface area contributed by atoms with Crippen LogP contribution in [-0.4, -0.2) is 26.0 Å². The van der Waals surface area contributed by atoms with E-state index in [2.05, 4.69) is 14.8 Å². The van der Waals surface area contributed by atoms with Gasteiger partial charge >= 0.3 is 13.0 Å². The van der Waals surface area contributed by atoms with Gasteiger partial charge in [0.25, 0.3) is 5.91 Å². The number of amides is 1. The SMILES string of the molecule is COc1cc(C(=O)Nc2ccc(OC(F)(F)F)cc2)ccc1OC(F)F. The van der Waals surface area contributed by atoms with Crippen molar-refractivity contribution in [2.24, 2.45) is 0 Å². The lowest BCUT2D eigenvalue weighted by atomic mass is 10.2. The molecule has 0 fully saturated rings. The number of hydrogen-bond donors (Lipinski definition) is 1. The average molecular weight is 377 g/mol. The van der Waals surface area contributed by atoms with Gasteiger partial charge in [-0.3, -0.25) is 4.79 Å². The Morgan fingerprint density at radius 3 is 2.23 bits per heavy atom. The molecule has 0 aliphatic carbocycles. The molecule has 0 aliphatic heterocycles. The van der Waals surface area contributed by atoms with Gasteiger partial charge in [0.1, 0.15) is 5.75 Å². The lowest BCUT2D eigenvalue weighted by Crippen LogP contribution is -2.17. The topological polar surface area (TPSA) is 56.8 Å². The molecular formula is C16H12F5NO4. The Bertz CT molecular complexity index is 762. The first kappa shape index (κ1) is 19.3. The normalized spacial score (nSPS) is 11.2. The van der Waals surface area contributed by atoms with E-state index in [9.17, 15) is 26.7 Å². The van der Waals surface area contributed by atoms with Gasteiger partial charge in [-0.1, -0.05) is 0 Å². The van der Waals surface area contributed by atoms with Crippen molar-refractivity contribution >= 4 is 11.6 Å². The van der Waals surface area contributed by atoms with E-state index in [4.69, 9.17) is 4.74 Å². The van der Waals surface area contributed by atoms with Crippen molar-refractivity contribution in [3.05, 3.63) is 48.0 Å². The summed E-state index contributed by atoms with van der Waals surface area (Å²) in [6.07, 6.45) is -4.82. The number of rotatable bonds is 6. The molecule has 0 bridgehead atoms. The van der Waals surface area contributed by atoms with Gasteiger partial charge < -0.3 is 19.5 Å². The van der Waals surface area contributed by atoms with Gasteiger partial charge in [0, 0.05) is 11.3 Å². The fourth-order valence-corrected chi connectivity index (χ4v) is 1.95. The number of hydrogen-bond acceptors (Lipinski definition) is 4. The molecule has 5 nitrogen and oxygen atoms in total. The van der Waals surface area contributed by atoms with Crippen molar-refractivity contribution in [3.8, 4) is 17.2 Å². The third-order valence-corrected chi connectivity index (χ3v) is 2.99. The van der Waals surface area contributed by atoms with Crippen LogP contribution >= 0.6 is 0 Å². The molecule has 0 saturated heterocycles. The maximum atomic E-state index is 12.3. The summed E-state index contributed by atoms with van der Waals surface area (Å²) >= 11 is 0. The van der Waals surface area contributed by atoms with E-state index in [0.717, 1.165) is 18.2 Å². The van der Waals surface area contributed by atoms with Crippen LogP contribution in [0, 0.1) is 0 Å². The minimum absolute atomic E-state index is 0.0686. The number of carbonyl (C=O) groups excluding carboxylic acids is 1. The number of alkyl halides is 5. The molecular weight excluding hydrogens is 365 g/mol. The molecule has 2 aromatic rings. The fraction of sp³-hybridized carbons (Fsp3) is 0.188. The van der Waals surface area contributed by atoms with E-state index in [1.54, 1.807) is 0 Å². The Hall–Kier alpha value is -3.04. The Labute approximate surface area is 144 Å². The van der Waals surface area contributed by atoms with Crippen LogP contribution in [0.25, 0.3) is 0 Å². The van der Waals surface area contributed by atoms with E-state index in [-0.39, 0.29) is 22.7 Å².